The average molecular weight is 437 g/mol. The summed E-state index contributed by atoms with van der Waals surface area (Å²) in [5, 5.41) is -0.190. The number of benzene rings is 2. The second-order valence-electron chi connectivity index (χ2n) is 6.99. The number of carbonyl (C=O) groups excluding carboxylic acids is 1. The summed E-state index contributed by atoms with van der Waals surface area (Å²) in [6, 6.07) is 13.2. The first kappa shape index (κ1) is 20.9. The van der Waals surface area contributed by atoms with Gasteiger partial charge in [0.15, 0.2) is 10.9 Å². The van der Waals surface area contributed by atoms with Gasteiger partial charge in [0.2, 0.25) is 0 Å². The van der Waals surface area contributed by atoms with Gasteiger partial charge in [-0.2, -0.15) is 0 Å². The fourth-order valence-electron chi connectivity index (χ4n) is 3.15. The van der Waals surface area contributed by atoms with Gasteiger partial charge in [0, 0.05) is 6.20 Å². The van der Waals surface area contributed by atoms with E-state index in [1.165, 1.54) is 4.57 Å². The molecule has 1 atom stereocenters. The summed E-state index contributed by atoms with van der Waals surface area (Å²) in [6.45, 7) is 3.43. The summed E-state index contributed by atoms with van der Waals surface area (Å²) in [7, 11) is 0. The van der Waals surface area contributed by atoms with E-state index in [1.54, 1.807) is 49.5 Å². The van der Waals surface area contributed by atoms with Crippen molar-refractivity contribution in [2.24, 2.45) is 0 Å². The Morgan fingerprint density at radius 2 is 1.87 bits per heavy atom. The van der Waals surface area contributed by atoms with E-state index >= 15 is 0 Å². The quantitative estimate of drug-likeness (QED) is 0.257. The monoisotopic (exact) mass is 437 g/mol. The Bertz CT molecular complexity index is 1370. The van der Waals surface area contributed by atoms with Crippen molar-refractivity contribution < 1.29 is 13.6 Å². The fraction of sp³-hybridized carbons (Fsp3) is 0.130. The number of para-hydroxylation sites is 1. The van der Waals surface area contributed by atoms with E-state index in [9.17, 15) is 18.4 Å². The summed E-state index contributed by atoms with van der Waals surface area (Å²) >= 11 is 0.991. The number of aromatic nitrogens is 3. The summed E-state index contributed by atoms with van der Waals surface area (Å²) in [4.78, 5) is 34.9. The molecule has 0 aliphatic rings. The van der Waals surface area contributed by atoms with Gasteiger partial charge in [-0.05, 0) is 61.9 Å². The highest BCUT2D eigenvalue weighted by atomic mass is 32.2. The lowest BCUT2D eigenvalue weighted by Crippen LogP contribution is -2.24. The standard InChI is InChI=1S/C23H17F2N3O2S/c1-13-9-10-26-20(11-13)28-22(30)16-5-3-4-6-19(16)27-23(28)31-14(2)21(29)17-12-15(24)7-8-18(17)25/h3-12,14H,1-2H3. The van der Waals surface area contributed by atoms with E-state index in [0.29, 0.717) is 16.7 Å². The lowest BCUT2D eigenvalue weighted by Gasteiger charge is -2.16. The van der Waals surface area contributed by atoms with Crippen LogP contribution in [0.4, 0.5) is 8.78 Å². The number of carbonyl (C=O) groups is 1. The van der Waals surface area contributed by atoms with E-state index in [1.807, 2.05) is 6.92 Å². The largest absolute Gasteiger partial charge is 0.293 e. The molecule has 0 bridgehead atoms. The van der Waals surface area contributed by atoms with E-state index < -0.39 is 22.7 Å². The molecule has 156 valence electrons. The van der Waals surface area contributed by atoms with Crippen LogP contribution in [0.1, 0.15) is 22.8 Å². The van der Waals surface area contributed by atoms with E-state index in [0.717, 1.165) is 35.5 Å². The Morgan fingerprint density at radius 1 is 1.10 bits per heavy atom. The zero-order valence-electron chi connectivity index (χ0n) is 16.7. The topological polar surface area (TPSA) is 64.8 Å². The first-order valence-corrected chi connectivity index (χ1v) is 10.3. The summed E-state index contributed by atoms with van der Waals surface area (Å²) < 4.78 is 29.0. The molecule has 1 unspecified atom stereocenters. The smallest absolute Gasteiger partial charge is 0.267 e. The molecule has 0 N–H and O–H groups in total. The number of fused-ring (bicyclic) bond motifs is 1. The number of rotatable bonds is 5. The molecule has 4 aromatic rings. The molecule has 2 heterocycles. The third kappa shape index (κ3) is 4.11. The first-order chi connectivity index (χ1) is 14.8. The Labute approximate surface area is 180 Å². The summed E-state index contributed by atoms with van der Waals surface area (Å²) in [6.07, 6.45) is 1.58. The Balaban J connectivity index is 1.83. The van der Waals surface area contributed by atoms with Crippen molar-refractivity contribution in [3.05, 3.63) is 93.9 Å². The number of aryl methyl sites for hydroxylation is 1. The highest BCUT2D eigenvalue weighted by Crippen LogP contribution is 2.27. The highest BCUT2D eigenvalue weighted by molar-refractivity contribution is 8.00. The SMILES string of the molecule is Cc1ccnc(-n2c(SC(C)C(=O)c3cc(F)ccc3F)nc3ccccc3c2=O)c1. The first-order valence-electron chi connectivity index (χ1n) is 9.46. The molecule has 0 fully saturated rings. The summed E-state index contributed by atoms with van der Waals surface area (Å²) in [5.41, 5.74) is 0.689. The van der Waals surface area contributed by atoms with Crippen molar-refractivity contribution in [3.8, 4) is 5.82 Å². The molecule has 0 radical (unpaired) electrons. The van der Waals surface area contributed by atoms with Gasteiger partial charge in [0.1, 0.15) is 17.5 Å². The summed E-state index contributed by atoms with van der Waals surface area (Å²) in [5.74, 6) is -1.75. The number of ketones is 1. The van der Waals surface area contributed by atoms with Crippen LogP contribution in [0.5, 0.6) is 0 Å². The maximum atomic E-state index is 14.1. The van der Waals surface area contributed by atoms with E-state index in [-0.39, 0.29) is 16.3 Å². The molecule has 0 aliphatic carbocycles. The third-order valence-electron chi connectivity index (χ3n) is 4.72. The minimum atomic E-state index is -0.833. The van der Waals surface area contributed by atoms with Crippen molar-refractivity contribution in [2.75, 3.05) is 0 Å². The molecule has 0 aliphatic heterocycles. The van der Waals surface area contributed by atoms with Crippen LogP contribution < -0.4 is 5.56 Å². The molecule has 0 spiro atoms. The van der Waals surface area contributed by atoms with Crippen LogP contribution >= 0.6 is 11.8 Å². The number of Topliss-reactive ketones (excluding diaryl/α,β-unsaturated/α-hetero) is 1. The van der Waals surface area contributed by atoms with Crippen LogP contribution in [0.2, 0.25) is 0 Å². The zero-order valence-corrected chi connectivity index (χ0v) is 17.5. The number of hydrogen-bond acceptors (Lipinski definition) is 5. The number of hydrogen-bond donors (Lipinski definition) is 0. The number of nitrogens with zero attached hydrogens (tertiary/aromatic N) is 3. The van der Waals surface area contributed by atoms with Crippen LogP contribution in [0.25, 0.3) is 16.7 Å². The van der Waals surface area contributed by atoms with Gasteiger partial charge >= 0.3 is 0 Å². The number of halogens is 2. The maximum Gasteiger partial charge on any atom is 0.267 e. The minimum absolute atomic E-state index is 0.236. The lowest BCUT2D eigenvalue weighted by molar-refractivity contribution is 0.0989. The molecule has 4 rings (SSSR count). The van der Waals surface area contributed by atoms with Gasteiger partial charge in [-0.3, -0.25) is 9.59 Å². The molecule has 8 heteroatoms. The molecular weight excluding hydrogens is 420 g/mol. The minimum Gasteiger partial charge on any atom is -0.293 e. The molecule has 2 aromatic heterocycles. The fourth-order valence-corrected chi connectivity index (χ4v) is 4.14. The predicted octanol–water partition coefficient (Wildman–Crippen LogP) is 4.73. The Morgan fingerprint density at radius 3 is 2.65 bits per heavy atom. The maximum absolute atomic E-state index is 14.1. The normalized spacial score (nSPS) is 12.1. The van der Waals surface area contributed by atoms with Crippen molar-refractivity contribution >= 4 is 28.4 Å². The van der Waals surface area contributed by atoms with Crippen LogP contribution in [0, 0.1) is 18.6 Å². The van der Waals surface area contributed by atoms with Gasteiger partial charge in [-0.1, -0.05) is 23.9 Å². The second kappa shape index (κ2) is 8.39. The third-order valence-corrected chi connectivity index (χ3v) is 5.77. The molecular formula is C23H17F2N3O2S. The second-order valence-corrected chi connectivity index (χ2v) is 8.30. The Hall–Kier alpha value is -3.39. The number of thioether (sulfide) groups is 1. The molecule has 5 nitrogen and oxygen atoms in total. The molecule has 31 heavy (non-hydrogen) atoms. The van der Waals surface area contributed by atoms with E-state index in [2.05, 4.69) is 9.97 Å². The van der Waals surface area contributed by atoms with Crippen molar-refractivity contribution in [3.63, 3.8) is 0 Å². The zero-order chi connectivity index (χ0) is 22.1. The van der Waals surface area contributed by atoms with Crippen LogP contribution in [0.15, 0.2) is 70.7 Å². The van der Waals surface area contributed by atoms with Crippen LogP contribution in [0.3, 0.4) is 0 Å². The van der Waals surface area contributed by atoms with Gasteiger partial charge in [0.05, 0.1) is 21.7 Å². The lowest BCUT2D eigenvalue weighted by atomic mass is 10.1. The molecule has 0 saturated carbocycles. The Kier molecular flexibility index (Phi) is 5.65. The van der Waals surface area contributed by atoms with Crippen molar-refractivity contribution in [2.45, 2.75) is 24.3 Å². The highest BCUT2D eigenvalue weighted by Gasteiger charge is 2.24. The molecule has 0 amide bonds. The van der Waals surface area contributed by atoms with Crippen molar-refractivity contribution in [1.29, 1.82) is 0 Å². The van der Waals surface area contributed by atoms with Crippen molar-refractivity contribution in [1.82, 2.24) is 14.5 Å². The number of pyridine rings is 1. The predicted molar refractivity (Wildman–Crippen MR) is 116 cm³/mol. The van der Waals surface area contributed by atoms with Gasteiger partial charge < -0.3 is 0 Å². The van der Waals surface area contributed by atoms with E-state index in [4.69, 9.17) is 0 Å². The average Bonchev–Trinajstić information content (AvgIpc) is 2.75. The van der Waals surface area contributed by atoms with Gasteiger partial charge in [-0.15, -0.1) is 0 Å². The molecule has 0 saturated heterocycles. The van der Waals surface area contributed by atoms with Gasteiger partial charge in [-0.25, -0.2) is 23.3 Å². The van der Waals surface area contributed by atoms with Crippen LogP contribution in [-0.2, 0) is 0 Å². The van der Waals surface area contributed by atoms with Gasteiger partial charge in [0.25, 0.3) is 5.56 Å². The molecule has 2 aromatic carbocycles. The van der Waals surface area contributed by atoms with Crippen LogP contribution in [-0.4, -0.2) is 25.6 Å².